The molecule has 2 N–H and O–H groups in total. The van der Waals surface area contributed by atoms with Crippen LogP contribution in [0.1, 0.15) is 20.3 Å². The summed E-state index contributed by atoms with van der Waals surface area (Å²) in [5.74, 6) is 0.968. The van der Waals surface area contributed by atoms with E-state index in [1.165, 1.54) is 14.2 Å². The summed E-state index contributed by atoms with van der Waals surface area (Å²) in [6.07, 6.45) is 0.866. The number of hydrogen-bond donors (Lipinski definition) is 1. The minimum atomic E-state index is 0.160. The Morgan fingerprint density at radius 2 is 1.63 bits per heavy atom. The molecule has 0 aliphatic carbocycles. The van der Waals surface area contributed by atoms with Gasteiger partial charge in [0.2, 0.25) is 5.95 Å². The fraction of sp³-hybridized carbons (Fsp3) is 0.750. The predicted octanol–water partition coefficient (Wildman–Crippen LogP) is 0.698. The lowest BCUT2D eigenvalue weighted by Gasteiger charge is -2.21. The molecule has 108 valence electrons. The molecule has 1 aromatic heterocycles. The minimum absolute atomic E-state index is 0.160. The van der Waals surface area contributed by atoms with E-state index in [2.05, 4.69) is 28.8 Å². The highest BCUT2D eigenvalue weighted by Crippen LogP contribution is 2.15. The Kier molecular flexibility index (Phi) is 5.75. The average Bonchev–Trinajstić information content (AvgIpc) is 2.43. The summed E-state index contributed by atoms with van der Waals surface area (Å²) in [4.78, 5) is 14.2. The van der Waals surface area contributed by atoms with Gasteiger partial charge >= 0.3 is 12.0 Å². The Hall–Kier alpha value is -1.63. The van der Waals surface area contributed by atoms with Gasteiger partial charge in [0.15, 0.2) is 0 Å². The normalized spacial score (nSPS) is 12.4. The molecule has 0 saturated carbocycles. The molecule has 0 aliphatic heterocycles. The van der Waals surface area contributed by atoms with Crippen LogP contribution in [0, 0.1) is 5.92 Å². The van der Waals surface area contributed by atoms with Crippen molar-refractivity contribution in [2.24, 2.45) is 11.7 Å². The third-order valence-corrected chi connectivity index (χ3v) is 2.94. The highest BCUT2D eigenvalue weighted by atomic mass is 16.5. The quantitative estimate of drug-likeness (QED) is 0.779. The largest absolute Gasteiger partial charge is 0.467 e. The van der Waals surface area contributed by atoms with Gasteiger partial charge in [0.1, 0.15) is 0 Å². The molecule has 0 spiro atoms. The summed E-state index contributed by atoms with van der Waals surface area (Å²) in [7, 11) is 4.92. The Balaban J connectivity index is 2.72. The van der Waals surface area contributed by atoms with E-state index < -0.39 is 0 Å². The van der Waals surface area contributed by atoms with E-state index in [0.717, 1.165) is 13.0 Å². The van der Waals surface area contributed by atoms with Gasteiger partial charge in [-0.3, -0.25) is 0 Å². The summed E-state index contributed by atoms with van der Waals surface area (Å²) in [6, 6.07) is 0.636. The van der Waals surface area contributed by atoms with Crippen LogP contribution in [0.3, 0.4) is 0 Å². The molecule has 0 aromatic carbocycles. The van der Waals surface area contributed by atoms with E-state index in [-0.39, 0.29) is 18.1 Å². The number of nitrogens with two attached hydrogens (primary N) is 1. The summed E-state index contributed by atoms with van der Waals surface area (Å²) in [6.45, 7) is 4.98. The van der Waals surface area contributed by atoms with E-state index in [4.69, 9.17) is 15.2 Å². The Morgan fingerprint density at radius 1 is 1.11 bits per heavy atom. The van der Waals surface area contributed by atoms with E-state index in [0.29, 0.717) is 11.9 Å². The van der Waals surface area contributed by atoms with E-state index in [1.54, 1.807) is 0 Å². The highest BCUT2D eigenvalue weighted by Gasteiger charge is 2.13. The molecular formula is C12H23N5O2. The van der Waals surface area contributed by atoms with Gasteiger partial charge in [-0.15, -0.1) is 4.98 Å². The highest BCUT2D eigenvalue weighted by molar-refractivity contribution is 5.30. The van der Waals surface area contributed by atoms with Gasteiger partial charge in [-0.1, -0.05) is 13.8 Å². The fourth-order valence-corrected chi connectivity index (χ4v) is 1.46. The fourth-order valence-electron chi connectivity index (χ4n) is 1.46. The van der Waals surface area contributed by atoms with Crippen molar-refractivity contribution in [2.45, 2.75) is 26.3 Å². The van der Waals surface area contributed by atoms with Crippen molar-refractivity contribution >= 4 is 5.95 Å². The molecule has 1 heterocycles. The van der Waals surface area contributed by atoms with E-state index in [1.807, 2.05) is 11.9 Å². The molecule has 0 aliphatic rings. The monoisotopic (exact) mass is 269 g/mol. The third kappa shape index (κ3) is 4.51. The lowest BCUT2D eigenvalue weighted by molar-refractivity contribution is 0.340. The third-order valence-electron chi connectivity index (χ3n) is 2.94. The predicted molar refractivity (Wildman–Crippen MR) is 73.6 cm³/mol. The van der Waals surface area contributed by atoms with Crippen molar-refractivity contribution < 1.29 is 9.47 Å². The first-order chi connectivity index (χ1) is 8.97. The van der Waals surface area contributed by atoms with Crippen molar-refractivity contribution in [3.8, 4) is 12.0 Å². The zero-order valence-electron chi connectivity index (χ0n) is 12.3. The first-order valence-corrected chi connectivity index (χ1v) is 6.28. The minimum Gasteiger partial charge on any atom is -0.467 e. The van der Waals surface area contributed by atoms with Gasteiger partial charge in [-0.2, -0.15) is 9.97 Å². The van der Waals surface area contributed by atoms with Crippen molar-refractivity contribution in [1.29, 1.82) is 0 Å². The van der Waals surface area contributed by atoms with Crippen molar-refractivity contribution in [2.75, 3.05) is 32.7 Å². The topological polar surface area (TPSA) is 86.4 Å². The maximum atomic E-state index is 6.03. The molecule has 1 rings (SSSR count). The van der Waals surface area contributed by atoms with Crippen LogP contribution in [0.25, 0.3) is 0 Å². The van der Waals surface area contributed by atoms with E-state index in [9.17, 15) is 0 Å². The number of hydrogen-bond acceptors (Lipinski definition) is 7. The second-order valence-electron chi connectivity index (χ2n) is 4.73. The number of rotatable bonds is 7. The maximum absolute atomic E-state index is 6.03. The Bertz CT molecular complexity index is 377. The molecule has 19 heavy (non-hydrogen) atoms. The summed E-state index contributed by atoms with van der Waals surface area (Å²) < 4.78 is 10.0. The van der Waals surface area contributed by atoms with Crippen LogP contribution < -0.4 is 20.1 Å². The number of anilines is 1. The van der Waals surface area contributed by atoms with Crippen LogP contribution in [-0.2, 0) is 0 Å². The van der Waals surface area contributed by atoms with Gasteiger partial charge in [0.05, 0.1) is 14.2 Å². The second-order valence-corrected chi connectivity index (χ2v) is 4.73. The smallest absolute Gasteiger partial charge is 0.324 e. The average molecular weight is 269 g/mol. The van der Waals surface area contributed by atoms with Gasteiger partial charge < -0.3 is 20.1 Å². The first-order valence-electron chi connectivity index (χ1n) is 6.28. The standard InChI is InChI=1S/C12H23N5O2/c1-8(2)9(13)6-7-17(3)10-14-11(18-4)16-12(15-10)19-5/h8-9H,6-7,13H2,1-5H3. The van der Waals surface area contributed by atoms with Crippen molar-refractivity contribution in [1.82, 2.24) is 15.0 Å². The molecule has 7 heteroatoms. The molecule has 0 amide bonds. The zero-order chi connectivity index (χ0) is 14.4. The summed E-state index contributed by atoms with van der Waals surface area (Å²) in [5, 5.41) is 0. The number of methoxy groups -OCH3 is 2. The van der Waals surface area contributed by atoms with Crippen LogP contribution in [0.4, 0.5) is 5.95 Å². The van der Waals surface area contributed by atoms with E-state index >= 15 is 0 Å². The molecular weight excluding hydrogens is 246 g/mol. The number of aromatic nitrogens is 3. The first kappa shape index (κ1) is 15.4. The Morgan fingerprint density at radius 3 is 2.05 bits per heavy atom. The van der Waals surface area contributed by atoms with Gasteiger partial charge in [0, 0.05) is 19.6 Å². The zero-order valence-corrected chi connectivity index (χ0v) is 12.3. The van der Waals surface area contributed by atoms with Crippen LogP contribution in [0.2, 0.25) is 0 Å². The molecule has 0 bridgehead atoms. The van der Waals surface area contributed by atoms with Crippen LogP contribution >= 0.6 is 0 Å². The molecule has 1 atom stereocenters. The molecule has 0 fully saturated rings. The van der Waals surface area contributed by atoms with Crippen LogP contribution in [-0.4, -0.2) is 48.8 Å². The van der Waals surface area contributed by atoms with Crippen LogP contribution in [0.15, 0.2) is 0 Å². The van der Waals surface area contributed by atoms with Gasteiger partial charge in [0.25, 0.3) is 0 Å². The second kappa shape index (κ2) is 7.08. The summed E-state index contributed by atoms with van der Waals surface area (Å²) in [5.41, 5.74) is 6.03. The molecule has 7 nitrogen and oxygen atoms in total. The molecule has 0 radical (unpaired) electrons. The Labute approximate surface area is 114 Å². The SMILES string of the molecule is COc1nc(OC)nc(N(C)CCC(N)C(C)C)n1. The van der Waals surface area contributed by atoms with Gasteiger partial charge in [-0.25, -0.2) is 0 Å². The number of ether oxygens (including phenoxy) is 2. The molecule has 1 unspecified atom stereocenters. The molecule has 0 saturated heterocycles. The number of nitrogens with zero attached hydrogens (tertiary/aromatic N) is 4. The van der Waals surface area contributed by atoms with Crippen LogP contribution in [0.5, 0.6) is 12.0 Å². The lowest BCUT2D eigenvalue weighted by atomic mass is 10.0. The van der Waals surface area contributed by atoms with Crippen molar-refractivity contribution in [3.63, 3.8) is 0 Å². The van der Waals surface area contributed by atoms with Gasteiger partial charge in [-0.05, 0) is 12.3 Å². The molecule has 1 aromatic rings. The van der Waals surface area contributed by atoms with Crippen molar-refractivity contribution in [3.05, 3.63) is 0 Å². The lowest BCUT2D eigenvalue weighted by Crippen LogP contribution is -2.32. The summed E-state index contributed by atoms with van der Waals surface area (Å²) >= 11 is 0. The maximum Gasteiger partial charge on any atom is 0.324 e.